The van der Waals surface area contributed by atoms with Crippen LogP contribution in [0.2, 0.25) is 10.0 Å². The van der Waals surface area contributed by atoms with Gasteiger partial charge in [0.25, 0.3) is 0 Å². The zero-order chi connectivity index (χ0) is 13.8. The summed E-state index contributed by atoms with van der Waals surface area (Å²) >= 11 is 11.9. The first-order valence-electron chi connectivity index (χ1n) is 5.71. The number of oxazole rings is 1. The maximum atomic E-state index is 11.1. The number of halogens is 2. The van der Waals surface area contributed by atoms with Gasteiger partial charge in [-0.05, 0) is 18.2 Å². The lowest BCUT2D eigenvalue weighted by Crippen LogP contribution is -2.17. The van der Waals surface area contributed by atoms with E-state index in [1.807, 2.05) is 0 Å². The maximum Gasteiger partial charge on any atom is 0.220 e. The van der Waals surface area contributed by atoms with Crippen LogP contribution in [-0.4, -0.2) is 17.9 Å². The number of nitrogens with zero attached hydrogens (tertiary/aromatic N) is 1. The molecule has 0 saturated heterocycles. The lowest BCUT2D eigenvalue weighted by molar-refractivity contribution is -0.120. The summed E-state index contributed by atoms with van der Waals surface area (Å²) < 4.78 is 5.57. The van der Waals surface area contributed by atoms with Gasteiger partial charge >= 0.3 is 0 Å². The van der Waals surface area contributed by atoms with Crippen molar-refractivity contribution in [2.45, 2.75) is 12.8 Å². The number of amides is 1. The van der Waals surface area contributed by atoms with Gasteiger partial charge < -0.3 is 9.73 Å². The van der Waals surface area contributed by atoms with E-state index < -0.39 is 0 Å². The molecule has 2 rings (SSSR count). The first-order chi connectivity index (χ1) is 9.10. The van der Waals surface area contributed by atoms with Crippen LogP contribution in [0.4, 0.5) is 0 Å². The molecule has 0 aliphatic carbocycles. The van der Waals surface area contributed by atoms with Gasteiger partial charge in [-0.15, -0.1) is 0 Å². The Labute approximate surface area is 120 Å². The normalized spacial score (nSPS) is 10.5. The molecule has 1 heterocycles. The molecule has 1 aromatic heterocycles. The SMILES string of the molecule is CNC(=O)CCc1ncc(-c2ccc(Cl)cc2Cl)o1. The fourth-order valence-corrected chi connectivity index (χ4v) is 2.09. The summed E-state index contributed by atoms with van der Waals surface area (Å²) in [6, 6.07) is 5.15. The molecule has 0 saturated carbocycles. The van der Waals surface area contributed by atoms with Gasteiger partial charge in [0.1, 0.15) is 0 Å². The second kappa shape index (κ2) is 6.08. The van der Waals surface area contributed by atoms with Gasteiger partial charge in [0.2, 0.25) is 5.91 Å². The Kier molecular flexibility index (Phi) is 4.45. The molecule has 2 aromatic rings. The molecule has 100 valence electrons. The van der Waals surface area contributed by atoms with E-state index in [-0.39, 0.29) is 5.91 Å². The minimum absolute atomic E-state index is 0.0516. The van der Waals surface area contributed by atoms with Gasteiger partial charge in [0.15, 0.2) is 11.7 Å². The van der Waals surface area contributed by atoms with Gasteiger partial charge in [0.05, 0.1) is 11.2 Å². The van der Waals surface area contributed by atoms with Crippen LogP contribution in [0.1, 0.15) is 12.3 Å². The summed E-state index contributed by atoms with van der Waals surface area (Å²) in [4.78, 5) is 15.3. The predicted molar refractivity (Wildman–Crippen MR) is 74.3 cm³/mol. The average molecular weight is 299 g/mol. The number of benzene rings is 1. The Hall–Kier alpha value is -1.52. The fourth-order valence-electron chi connectivity index (χ4n) is 1.59. The zero-order valence-electron chi connectivity index (χ0n) is 10.2. The molecule has 4 nitrogen and oxygen atoms in total. The van der Waals surface area contributed by atoms with Gasteiger partial charge in [-0.3, -0.25) is 4.79 Å². The van der Waals surface area contributed by atoms with Crippen LogP contribution >= 0.6 is 23.2 Å². The number of hydrogen-bond acceptors (Lipinski definition) is 3. The number of aromatic nitrogens is 1. The average Bonchev–Trinajstić information content (AvgIpc) is 2.84. The maximum absolute atomic E-state index is 11.1. The standard InChI is InChI=1S/C13H12Cl2N2O2/c1-16-12(18)4-5-13-17-7-11(19-13)9-3-2-8(14)6-10(9)15/h2-3,6-7H,4-5H2,1H3,(H,16,18). The van der Waals surface area contributed by atoms with E-state index in [9.17, 15) is 4.79 Å². The van der Waals surface area contributed by atoms with Crippen molar-refractivity contribution in [1.82, 2.24) is 10.3 Å². The van der Waals surface area contributed by atoms with Crippen molar-refractivity contribution >= 4 is 29.1 Å². The number of nitrogens with one attached hydrogen (secondary N) is 1. The molecule has 1 amide bonds. The van der Waals surface area contributed by atoms with Crippen molar-refractivity contribution < 1.29 is 9.21 Å². The lowest BCUT2D eigenvalue weighted by atomic mass is 10.2. The summed E-state index contributed by atoms with van der Waals surface area (Å²) in [6.45, 7) is 0. The van der Waals surface area contributed by atoms with Gasteiger partial charge in [-0.25, -0.2) is 4.98 Å². The summed E-state index contributed by atoms with van der Waals surface area (Å²) in [7, 11) is 1.59. The van der Waals surface area contributed by atoms with Crippen molar-refractivity contribution in [2.75, 3.05) is 7.05 Å². The van der Waals surface area contributed by atoms with Crippen molar-refractivity contribution in [3.05, 3.63) is 40.3 Å². The summed E-state index contributed by atoms with van der Waals surface area (Å²) in [6.07, 6.45) is 2.38. The Morgan fingerprint density at radius 1 is 1.42 bits per heavy atom. The topological polar surface area (TPSA) is 55.1 Å². The molecule has 19 heavy (non-hydrogen) atoms. The minimum Gasteiger partial charge on any atom is -0.441 e. The molecule has 1 aromatic carbocycles. The van der Waals surface area contributed by atoms with E-state index in [1.54, 1.807) is 31.4 Å². The van der Waals surface area contributed by atoms with E-state index in [0.717, 1.165) is 5.56 Å². The molecule has 6 heteroatoms. The fraction of sp³-hybridized carbons (Fsp3) is 0.231. The third-order valence-electron chi connectivity index (χ3n) is 2.59. The summed E-state index contributed by atoms with van der Waals surface area (Å²) in [5.74, 6) is 1.02. The number of carbonyl (C=O) groups is 1. The number of aryl methyl sites for hydroxylation is 1. The molecule has 0 aliphatic rings. The summed E-state index contributed by atoms with van der Waals surface area (Å²) in [5, 5.41) is 3.61. The molecule has 0 radical (unpaired) electrons. The molecule has 0 aliphatic heterocycles. The molecule has 0 atom stereocenters. The van der Waals surface area contributed by atoms with Crippen LogP contribution in [0.3, 0.4) is 0 Å². The number of hydrogen-bond donors (Lipinski definition) is 1. The van der Waals surface area contributed by atoms with Crippen LogP contribution < -0.4 is 5.32 Å². The Morgan fingerprint density at radius 2 is 2.21 bits per heavy atom. The molecule has 0 fully saturated rings. The van der Waals surface area contributed by atoms with Gasteiger partial charge in [-0.2, -0.15) is 0 Å². The third kappa shape index (κ3) is 3.49. The number of carbonyl (C=O) groups excluding carboxylic acids is 1. The minimum atomic E-state index is -0.0516. The monoisotopic (exact) mass is 298 g/mol. The highest BCUT2D eigenvalue weighted by atomic mass is 35.5. The van der Waals surface area contributed by atoms with Crippen LogP contribution in [-0.2, 0) is 11.2 Å². The van der Waals surface area contributed by atoms with E-state index in [2.05, 4.69) is 10.3 Å². The highest BCUT2D eigenvalue weighted by Crippen LogP contribution is 2.30. The highest BCUT2D eigenvalue weighted by molar-refractivity contribution is 6.36. The van der Waals surface area contributed by atoms with E-state index in [0.29, 0.717) is 34.5 Å². The smallest absolute Gasteiger partial charge is 0.220 e. The van der Waals surface area contributed by atoms with Crippen LogP contribution in [0.25, 0.3) is 11.3 Å². The van der Waals surface area contributed by atoms with Gasteiger partial charge in [-0.1, -0.05) is 23.2 Å². The van der Waals surface area contributed by atoms with Crippen LogP contribution in [0.5, 0.6) is 0 Å². The first kappa shape index (κ1) is 13.9. The van der Waals surface area contributed by atoms with E-state index >= 15 is 0 Å². The predicted octanol–water partition coefficient (Wildman–Crippen LogP) is 3.33. The zero-order valence-corrected chi connectivity index (χ0v) is 11.8. The highest BCUT2D eigenvalue weighted by Gasteiger charge is 2.11. The van der Waals surface area contributed by atoms with Crippen LogP contribution in [0.15, 0.2) is 28.8 Å². The second-order valence-electron chi connectivity index (χ2n) is 3.92. The third-order valence-corrected chi connectivity index (χ3v) is 3.14. The Bertz CT molecular complexity index is 596. The van der Waals surface area contributed by atoms with Crippen molar-refractivity contribution in [1.29, 1.82) is 0 Å². The van der Waals surface area contributed by atoms with Crippen molar-refractivity contribution in [2.24, 2.45) is 0 Å². The van der Waals surface area contributed by atoms with Crippen LogP contribution in [0, 0.1) is 0 Å². The Balaban J connectivity index is 2.14. The Morgan fingerprint density at radius 3 is 2.89 bits per heavy atom. The largest absolute Gasteiger partial charge is 0.441 e. The molecule has 0 spiro atoms. The van der Waals surface area contributed by atoms with Crippen molar-refractivity contribution in [3.8, 4) is 11.3 Å². The molecule has 0 bridgehead atoms. The molecular formula is C13H12Cl2N2O2. The molecule has 1 N–H and O–H groups in total. The molecule has 0 unspecified atom stereocenters. The number of rotatable bonds is 4. The van der Waals surface area contributed by atoms with Gasteiger partial charge in [0, 0.05) is 30.5 Å². The van der Waals surface area contributed by atoms with E-state index in [4.69, 9.17) is 27.6 Å². The molecular weight excluding hydrogens is 287 g/mol. The van der Waals surface area contributed by atoms with Crippen molar-refractivity contribution in [3.63, 3.8) is 0 Å². The van der Waals surface area contributed by atoms with E-state index in [1.165, 1.54) is 0 Å². The second-order valence-corrected chi connectivity index (χ2v) is 4.76. The first-order valence-corrected chi connectivity index (χ1v) is 6.46. The quantitative estimate of drug-likeness (QED) is 0.942. The lowest BCUT2D eigenvalue weighted by Gasteiger charge is -2.00. The summed E-state index contributed by atoms with van der Waals surface area (Å²) in [5.41, 5.74) is 0.727.